The molecule has 5 heteroatoms. The summed E-state index contributed by atoms with van der Waals surface area (Å²) >= 11 is 0. The molecule has 3 rings (SSSR count). The predicted molar refractivity (Wildman–Crippen MR) is 86.0 cm³/mol. The summed E-state index contributed by atoms with van der Waals surface area (Å²) in [5.41, 5.74) is 7.99. The highest BCUT2D eigenvalue weighted by Gasteiger charge is 2.36. The molecule has 1 fully saturated rings. The van der Waals surface area contributed by atoms with Gasteiger partial charge >= 0.3 is 0 Å². The Labute approximate surface area is 130 Å². The number of nitrogens with one attached hydrogen (secondary N) is 1. The van der Waals surface area contributed by atoms with Gasteiger partial charge in [-0.15, -0.1) is 0 Å². The summed E-state index contributed by atoms with van der Waals surface area (Å²) in [6, 6.07) is 1.83. The lowest BCUT2D eigenvalue weighted by molar-refractivity contribution is 0.0775. The third kappa shape index (κ3) is 2.82. The number of nitrogens with two attached hydrogens (primary N) is 1. The number of likely N-dealkylation sites (tertiary alicyclic amines) is 1. The summed E-state index contributed by atoms with van der Waals surface area (Å²) in [6.45, 7) is 3.99. The number of aromatic amines is 1. The van der Waals surface area contributed by atoms with Crippen molar-refractivity contribution in [1.82, 2.24) is 9.88 Å². The van der Waals surface area contributed by atoms with E-state index in [4.69, 9.17) is 5.73 Å². The number of carbonyl (C=O) groups is 1. The van der Waals surface area contributed by atoms with E-state index in [0.717, 1.165) is 43.4 Å². The standard InChI is InChI=1S/C17H25N3O2/c1-17(10-18)7-8-20(11-17)16(22)13-9-12-5-3-2-4-6-14(12)19-15(13)21/h9H,2-8,10-11,18H2,1H3,(H,19,21). The van der Waals surface area contributed by atoms with Gasteiger partial charge in [0, 0.05) is 18.8 Å². The molecule has 0 spiro atoms. The van der Waals surface area contributed by atoms with Crippen LogP contribution in [0.15, 0.2) is 10.9 Å². The zero-order valence-corrected chi connectivity index (χ0v) is 13.3. The number of amides is 1. The average Bonchev–Trinajstić information content (AvgIpc) is 2.76. The van der Waals surface area contributed by atoms with Crippen molar-refractivity contribution in [3.05, 3.63) is 33.2 Å². The number of rotatable bonds is 2. The van der Waals surface area contributed by atoms with Crippen molar-refractivity contribution >= 4 is 5.91 Å². The van der Waals surface area contributed by atoms with E-state index < -0.39 is 0 Å². The van der Waals surface area contributed by atoms with Gasteiger partial charge in [-0.1, -0.05) is 13.3 Å². The molecule has 0 saturated carbocycles. The van der Waals surface area contributed by atoms with Crippen LogP contribution in [0, 0.1) is 5.41 Å². The third-order valence-corrected chi connectivity index (χ3v) is 5.16. The zero-order chi connectivity index (χ0) is 15.7. The van der Waals surface area contributed by atoms with Gasteiger partial charge in [-0.2, -0.15) is 0 Å². The number of carbonyl (C=O) groups excluding carboxylic acids is 1. The van der Waals surface area contributed by atoms with E-state index in [0.29, 0.717) is 25.2 Å². The molecule has 1 amide bonds. The minimum absolute atomic E-state index is 0.0197. The number of nitrogens with zero attached hydrogens (tertiary/aromatic N) is 1. The van der Waals surface area contributed by atoms with Gasteiger partial charge < -0.3 is 15.6 Å². The number of fused-ring (bicyclic) bond motifs is 1. The number of hydrogen-bond donors (Lipinski definition) is 2. The van der Waals surface area contributed by atoms with Crippen LogP contribution < -0.4 is 11.3 Å². The van der Waals surface area contributed by atoms with Gasteiger partial charge in [0.25, 0.3) is 11.5 Å². The smallest absolute Gasteiger partial charge is 0.261 e. The van der Waals surface area contributed by atoms with E-state index >= 15 is 0 Å². The first-order valence-electron chi connectivity index (χ1n) is 8.27. The van der Waals surface area contributed by atoms with Crippen LogP contribution in [0.2, 0.25) is 0 Å². The molecule has 0 radical (unpaired) electrons. The second-order valence-electron chi connectivity index (χ2n) is 7.07. The number of aromatic nitrogens is 1. The lowest BCUT2D eigenvalue weighted by Gasteiger charge is -2.22. The summed E-state index contributed by atoms with van der Waals surface area (Å²) < 4.78 is 0. The van der Waals surface area contributed by atoms with E-state index in [9.17, 15) is 9.59 Å². The molecule has 22 heavy (non-hydrogen) atoms. The van der Waals surface area contributed by atoms with E-state index in [1.165, 1.54) is 6.42 Å². The monoisotopic (exact) mass is 303 g/mol. The van der Waals surface area contributed by atoms with Crippen molar-refractivity contribution in [2.24, 2.45) is 11.1 Å². The van der Waals surface area contributed by atoms with Gasteiger partial charge in [-0.05, 0) is 55.7 Å². The Morgan fingerprint density at radius 3 is 2.86 bits per heavy atom. The van der Waals surface area contributed by atoms with Gasteiger partial charge in [0.05, 0.1) is 0 Å². The largest absolute Gasteiger partial charge is 0.338 e. The van der Waals surface area contributed by atoms with Crippen molar-refractivity contribution in [1.29, 1.82) is 0 Å². The highest BCUT2D eigenvalue weighted by Crippen LogP contribution is 2.29. The normalized spacial score (nSPS) is 24.9. The van der Waals surface area contributed by atoms with Gasteiger partial charge in [-0.25, -0.2) is 0 Å². The summed E-state index contributed by atoms with van der Waals surface area (Å²) in [7, 11) is 0. The number of H-pyrrole nitrogens is 1. The molecule has 5 nitrogen and oxygen atoms in total. The molecule has 1 aromatic heterocycles. The van der Waals surface area contributed by atoms with Crippen LogP contribution in [0.25, 0.3) is 0 Å². The first-order valence-corrected chi connectivity index (χ1v) is 8.27. The maximum absolute atomic E-state index is 12.7. The summed E-state index contributed by atoms with van der Waals surface area (Å²) in [5.74, 6) is -0.148. The fourth-order valence-electron chi connectivity index (χ4n) is 3.54. The van der Waals surface area contributed by atoms with Gasteiger partial charge in [0.2, 0.25) is 0 Å². The first kappa shape index (κ1) is 15.3. The molecule has 1 aromatic rings. The number of pyridine rings is 1. The van der Waals surface area contributed by atoms with Gasteiger partial charge in [0.1, 0.15) is 5.56 Å². The zero-order valence-electron chi connectivity index (χ0n) is 13.3. The van der Waals surface area contributed by atoms with Crippen molar-refractivity contribution in [3.63, 3.8) is 0 Å². The Hall–Kier alpha value is -1.62. The lowest BCUT2D eigenvalue weighted by atomic mass is 9.90. The van der Waals surface area contributed by atoms with E-state index in [1.54, 1.807) is 4.90 Å². The second kappa shape index (κ2) is 5.88. The Balaban J connectivity index is 1.87. The maximum Gasteiger partial charge on any atom is 0.261 e. The molecule has 1 aliphatic carbocycles. The van der Waals surface area contributed by atoms with Crippen molar-refractivity contribution in [2.45, 2.75) is 45.4 Å². The van der Waals surface area contributed by atoms with Crippen molar-refractivity contribution < 1.29 is 4.79 Å². The Kier molecular flexibility index (Phi) is 4.08. The minimum atomic E-state index is -0.244. The summed E-state index contributed by atoms with van der Waals surface area (Å²) in [6.07, 6.45) is 6.18. The van der Waals surface area contributed by atoms with Crippen LogP contribution in [-0.4, -0.2) is 35.4 Å². The lowest BCUT2D eigenvalue weighted by Crippen LogP contribution is -2.37. The molecular weight excluding hydrogens is 278 g/mol. The molecular formula is C17H25N3O2. The quantitative estimate of drug-likeness (QED) is 0.812. The van der Waals surface area contributed by atoms with E-state index in [1.807, 2.05) is 6.07 Å². The topological polar surface area (TPSA) is 79.2 Å². The third-order valence-electron chi connectivity index (χ3n) is 5.16. The fourth-order valence-corrected chi connectivity index (χ4v) is 3.54. The molecule has 2 aliphatic rings. The molecule has 0 bridgehead atoms. The number of aryl methyl sites for hydroxylation is 2. The molecule has 1 atom stereocenters. The van der Waals surface area contributed by atoms with Crippen molar-refractivity contribution in [2.75, 3.05) is 19.6 Å². The Morgan fingerprint density at radius 1 is 1.36 bits per heavy atom. The van der Waals surface area contributed by atoms with Gasteiger partial charge in [0.15, 0.2) is 0 Å². The fraction of sp³-hybridized carbons (Fsp3) is 0.647. The summed E-state index contributed by atoms with van der Waals surface area (Å²) in [5, 5.41) is 0. The van der Waals surface area contributed by atoms with Crippen molar-refractivity contribution in [3.8, 4) is 0 Å². The predicted octanol–water partition coefficient (Wildman–Crippen LogP) is 1.45. The van der Waals surface area contributed by atoms with E-state index in [2.05, 4.69) is 11.9 Å². The highest BCUT2D eigenvalue weighted by molar-refractivity contribution is 5.94. The second-order valence-corrected chi connectivity index (χ2v) is 7.07. The Morgan fingerprint density at radius 2 is 2.14 bits per heavy atom. The molecule has 1 saturated heterocycles. The van der Waals surface area contributed by atoms with E-state index in [-0.39, 0.29) is 16.9 Å². The van der Waals surface area contributed by atoms with Crippen LogP contribution >= 0.6 is 0 Å². The van der Waals surface area contributed by atoms with Gasteiger partial charge in [-0.3, -0.25) is 9.59 Å². The molecule has 3 N–H and O–H groups in total. The minimum Gasteiger partial charge on any atom is -0.338 e. The molecule has 0 aromatic carbocycles. The number of hydrogen-bond acceptors (Lipinski definition) is 3. The van der Waals surface area contributed by atoms with Crippen LogP contribution in [-0.2, 0) is 12.8 Å². The average molecular weight is 303 g/mol. The van der Waals surface area contributed by atoms with Crippen LogP contribution in [0.1, 0.15) is 54.2 Å². The van der Waals surface area contributed by atoms with Crippen LogP contribution in [0.4, 0.5) is 0 Å². The maximum atomic E-state index is 12.7. The highest BCUT2D eigenvalue weighted by atomic mass is 16.2. The molecule has 2 heterocycles. The summed E-state index contributed by atoms with van der Waals surface area (Å²) in [4.78, 5) is 29.7. The SMILES string of the molecule is CC1(CN)CCN(C(=O)c2cc3c([nH]c2=O)CCCCC3)C1. The molecule has 1 unspecified atom stereocenters. The van der Waals surface area contributed by atoms with Crippen LogP contribution in [0.5, 0.6) is 0 Å². The molecule has 1 aliphatic heterocycles. The first-order chi connectivity index (χ1) is 10.5. The molecule has 120 valence electrons. The van der Waals surface area contributed by atoms with Crippen LogP contribution in [0.3, 0.4) is 0 Å². The Bertz CT molecular complexity index is 637.